The largest absolute Gasteiger partial charge is 0.329 e. The fraction of sp³-hybridized carbons (Fsp3) is 0.500. The average Bonchev–Trinajstić information content (AvgIpc) is 2.43. The molecule has 0 saturated heterocycles. The lowest BCUT2D eigenvalue weighted by Crippen LogP contribution is -2.24. The van der Waals surface area contributed by atoms with E-state index in [9.17, 15) is 4.79 Å². The topological polar surface area (TPSA) is 26.9 Å². The van der Waals surface area contributed by atoms with E-state index >= 15 is 0 Å². The van der Waals surface area contributed by atoms with Gasteiger partial charge >= 0.3 is 5.69 Å². The van der Waals surface area contributed by atoms with E-state index in [0.29, 0.717) is 6.54 Å². The number of hydrogen-bond donors (Lipinski definition) is 0. The summed E-state index contributed by atoms with van der Waals surface area (Å²) in [6.45, 7) is 6.22. The van der Waals surface area contributed by atoms with Crippen molar-refractivity contribution in [3.05, 3.63) is 22.9 Å². The van der Waals surface area contributed by atoms with Crippen molar-refractivity contribution in [3.63, 3.8) is 0 Å². The maximum Gasteiger partial charge on any atom is 0.329 e. The van der Waals surface area contributed by atoms with Crippen LogP contribution in [-0.4, -0.2) is 9.13 Å². The van der Waals surface area contributed by atoms with Gasteiger partial charge in [-0.1, -0.05) is 5.92 Å². The van der Waals surface area contributed by atoms with Crippen LogP contribution in [0.3, 0.4) is 0 Å². The van der Waals surface area contributed by atoms with E-state index in [4.69, 9.17) is 0 Å². The van der Waals surface area contributed by atoms with Crippen molar-refractivity contribution < 1.29 is 0 Å². The lowest BCUT2D eigenvalue weighted by Gasteiger charge is -2.03. The third-order valence-electron chi connectivity index (χ3n) is 1.86. The molecular weight excluding hydrogens is 164 g/mol. The third-order valence-corrected chi connectivity index (χ3v) is 1.86. The van der Waals surface area contributed by atoms with Crippen molar-refractivity contribution in [2.45, 2.75) is 33.4 Å². The zero-order valence-electron chi connectivity index (χ0n) is 8.24. The van der Waals surface area contributed by atoms with Gasteiger partial charge in [-0.25, -0.2) is 4.79 Å². The molecule has 1 rings (SSSR count). The summed E-state index contributed by atoms with van der Waals surface area (Å²) in [6.07, 6.45) is 3.57. The Bertz CT molecular complexity index is 387. The first-order chi connectivity index (χ1) is 6.16. The number of hydrogen-bond acceptors (Lipinski definition) is 1. The summed E-state index contributed by atoms with van der Waals surface area (Å²) in [6, 6.07) is 0.211. The molecule has 0 aliphatic rings. The van der Waals surface area contributed by atoms with Gasteiger partial charge in [0.25, 0.3) is 0 Å². The molecule has 0 N–H and O–H groups in total. The van der Waals surface area contributed by atoms with E-state index in [-0.39, 0.29) is 11.7 Å². The minimum Gasteiger partial charge on any atom is -0.297 e. The highest BCUT2D eigenvalue weighted by atomic mass is 16.1. The Morgan fingerprint density at radius 1 is 1.46 bits per heavy atom. The molecule has 1 aromatic rings. The second-order valence-electron chi connectivity index (χ2n) is 3.14. The van der Waals surface area contributed by atoms with Gasteiger partial charge in [0.2, 0.25) is 0 Å². The molecule has 70 valence electrons. The number of nitrogens with zero attached hydrogens (tertiary/aromatic N) is 2. The standard InChI is InChI=1S/C10H14N2O/c1-4-5-6-11-7-8-12(9(2)3)10(11)13/h7-9H,6H2,1-3H3. The molecular formula is C10H14N2O. The zero-order chi connectivity index (χ0) is 9.84. The highest BCUT2D eigenvalue weighted by Crippen LogP contribution is 1.98. The van der Waals surface area contributed by atoms with Gasteiger partial charge in [-0.15, -0.1) is 5.92 Å². The van der Waals surface area contributed by atoms with Crippen molar-refractivity contribution in [2.24, 2.45) is 0 Å². The van der Waals surface area contributed by atoms with Gasteiger partial charge in [0, 0.05) is 18.4 Å². The molecule has 0 unspecified atom stereocenters. The van der Waals surface area contributed by atoms with E-state index in [2.05, 4.69) is 11.8 Å². The van der Waals surface area contributed by atoms with Gasteiger partial charge in [-0.05, 0) is 20.8 Å². The highest BCUT2D eigenvalue weighted by Gasteiger charge is 2.03. The van der Waals surface area contributed by atoms with Crippen LogP contribution in [-0.2, 0) is 6.54 Å². The van der Waals surface area contributed by atoms with Gasteiger partial charge in [-0.3, -0.25) is 9.13 Å². The molecule has 3 nitrogen and oxygen atoms in total. The summed E-state index contributed by atoms with van der Waals surface area (Å²) < 4.78 is 3.30. The first kappa shape index (κ1) is 9.66. The molecule has 0 radical (unpaired) electrons. The summed E-state index contributed by atoms with van der Waals surface area (Å²) in [5.74, 6) is 5.62. The SMILES string of the molecule is CC#CCn1ccn(C(C)C)c1=O. The van der Waals surface area contributed by atoms with Gasteiger partial charge in [0.1, 0.15) is 0 Å². The molecule has 13 heavy (non-hydrogen) atoms. The maximum atomic E-state index is 11.6. The van der Waals surface area contributed by atoms with Crippen molar-refractivity contribution in [1.82, 2.24) is 9.13 Å². The fourth-order valence-corrected chi connectivity index (χ4v) is 1.11. The van der Waals surface area contributed by atoms with Gasteiger partial charge in [0.15, 0.2) is 0 Å². The molecule has 0 aliphatic carbocycles. The zero-order valence-corrected chi connectivity index (χ0v) is 8.24. The van der Waals surface area contributed by atoms with Crippen molar-refractivity contribution in [2.75, 3.05) is 0 Å². The lowest BCUT2D eigenvalue weighted by atomic mass is 10.4. The van der Waals surface area contributed by atoms with E-state index in [0.717, 1.165) is 0 Å². The average molecular weight is 178 g/mol. The number of rotatable bonds is 2. The minimum absolute atomic E-state index is 0.0118. The molecule has 0 fully saturated rings. The van der Waals surface area contributed by atoms with E-state index in [1.807, 2.05) is 13.8 Å². The molecule has 0 bridgehead atoms. The molecule has 0 atom stereocenters. The first-order valence-electron chi connectivity index (χ1n) is 4.33. The van der Waals surface area contributed by atoms with Crippen LogP contribution in [0.2, 0.25) is 0 Å². The van der Waals surface area contributed by atoms with Crippen LogP contribution in [0.5, 0.6) is 0 Å². The molecule has 3 heteroatoms. The first-order valence-corrected chi connectivity index (χ1v) is 4.33. The molecule has 1 heterocycles. The Morgan fingerprint density at radius 3 is 2.62 bits per heavy atom. The maximum absolute atomic E-state index is 11.6. The smallest absolute Gasteiger partial charge is 0.297 e. The van der Waals surface area contributed by atoms with Crippen LogP contribution in [0, 0.1) is 11.8 Å². The van der Waals surface area contributed by atoms with Crippen LogP contribution in [0.1, 0.15) is 26.8 Å². The van der Waals surface area contributed by atoms with Gasteiger partial charge in [-0.2, -0.15) is 0 Å². The van der Waals surface area contributed by atoms with Gasteiger partial charge in [0.05, 0.1) is 6.54 Å². The van der Waals surface area contributed by atoms with Crippen LogP contribution in [0.4, 0.5) is 0 Å². The number of imidazole rings is 1. The lowest BCUT2D eigenvalue weighted by molar-refractivity contribution is 0.563. The summed E-state index contributed by atoms with van der Waals surface area (Å²) in [7, 11) is 0. The third kappa shape index (κ3) is 2.03. The normalized spacial score (nSPS) is 9.85. The molecule has 1 aromatic heterocycles. The predicted octanol–water partition coefficient (Wildman–Crippen LogP) is 1.25. The van der Waals surface area contributed by atoms with Crippen LogP contribution in [0.25, 0.3) is 0 Å². The van der Waals surface area contributed by atoms with E-state index in [1.165, 1.54) is 0 Å². The predicted molar refractivity (Wildman–Crippen MR) is 52.5 cm³/mol. The molecule has 0 amide bonds. The second kappa shape index (κ2) is 3.99. The Kier molecular flexibility index (Phi) is 2.97. The Hall–Kier alpha value is -1.43. The summed E-state index contributed by atoms with van der Waals surface area (Å²) in [4.78, 5) is 11.6. The fourth-order valence-electron chi connectivity index (χ4n) is 1.11. The van der Waals surface area contributed by atoms with Crippen molar-refractivity contribution in [1.29, 1.82) is 0 Å². The Morgan fingerprint density at radius 2 is 2.15 bits per heavy atom. The summed E-state index contributed by atoms with van der Waals surface area (Å²) in [5.41, 5.74) is 0.0118. The Balaban J connectivity index is 2.98. The van der Waals surface area contributed by atoms with Crippen molar-refractivity contribution in [3.8, 4) is 11.8 Å². The second-order valence-corrected chi connectivity index (χ2v) is 3.14. The Labute approximate surface area is 78.0 Å². The van der Waals surface area contributed by atoms with Crippen LogP contribution < -0.4 is 5.69 Å². The molecule has 0 saturated carbocycles. The quantitative estimate of drug-likeness (QED) is 0.626. The summed E-state index contributed by atoms with van der Waals surface area (Å²) >= 11 is 0. The molecule has 0 aliphatic heterocycles. The van der Waals surface area contributed by atoms with E-state index in [1.54, 1.807) is 28.5 Å². The highest BCUT2D eigenvalue weighted by molar-refractivity contribution is 4.97. The van der Waals surface area contributed by atoms with Crippen molar-refractivity contribution >= 4 is 0 Å². The van der Waals surface area contributed by atoms with Crippen LogP contribution in [0.15, 0.2) is 17.2 Å². The van der Waals surface area contributed by atoms with E-state index < -0.39 is 0 Å². The van der Waals surface area contributed by atoms with Gasteiger partial charge < -0.3 is 0 Å². The molecule has 0 aromatic carbocycles. The number of aromatic nitrogens is 2. The minimum atomic E-state index is 0.0118. The monoisotopic (exact) mass is 178 g/mol. The summed E-state index contributed by atoms with van der Waals surface area (Å²) in [5, 5.41) is 0. The molecule has 0 spiro atoms. The van der Waals surface area contributed by atoms with Crippen LogP contribution >= 0.6 is 0 Å².